The second-order valence-corrected chi connectivity index (χ2v) is 28.7. The molecule has 0 heterocycles. The lowest BCUT2D eigenvalue weighted by Gasteiger charge is -2.36. The van der Waals surface area contributed by atoms with Gasteiger partial charge in [-0.2, -0.15) is 0 Å². The largest absolute Gasteiger partial charge is 0.464 e. The Labute approximate surface area is 439 Å². The van der Waals surface area contributed by atoms with Gasteiger partial charge in [0, 0.05) is 5.41 Å². The number of hydrogen-bond acceptors (Lipinski definition) is 15. The van der Waals surface area contributed by atoms with E-state index in [4.69, 9.17) is 33.2 Å². The monoisotopic (exact) mass is 1220 g/mol. The van der Waals surface area contributed by atoms with Crippen molar-refractivity contribution in [1.82, 2.24) is 0 Å². The van der Waals surface area contributed by atoms with E-state index in [1.54, 1.807) is 138 Å². The minimum atomic E-state index is -1.79. The minimum absolute atomic E-state index is 0.0343. The van der Waals surface area contributed by atoms with Gasteiger partial charge in [0.1, 0.15) is 63.1 Å². The van der Waals surface area contributed by atoms with E-state index in [2.05, 4.69) is 63.7 Å². The van der Waals surface area contributed by atoms with E-state index in [9.17, 15) is 38.4 Å². The van der Waals surface area contributed by atoms with Crippen LogP contribution in [-0.2, 0) is 71.5 Å². The summed E-state index contributed by atoms with van der Waals surface area (Å²) < 4.78 is 40.3. The molecule has 4 unspecified atom stereocenters. The molecule has 0 aromatic heterocycles. The first-order valence-electron chi connectivity index (χ1n) is 22.6. The molecule has 0 saturated carbocycles. The van der Waals surface area contributed by atoms with E-state index in [1.165, 1.54) is 0 Å². The van der Waals surface area contributed by atoms with Gasteiger partial charge in [0.05, 0.1) is 26.5 Å². The molecular formula is C49H80Br4O15. The van der Waals surface area contributed by atoms with Gasteiger partial charge in [-0.25, -0.2) is 0 Å². The summed E-state index contributed by atoms with van der Waals surface area (Å²) >= 11 is 13.5. The Bertz CT molecular complexity index is 1640. The highest BCUT2D eigenvalue weighted by atomic mass is 79.9. The van der Waals surface area contributed by atoms with Gasteiger partial charge in [-0.05, 0) is 143 Å². The second-order valence-electron chi connectivity index (χ2n) is 24.2. The summed E-state index contributed by atoms with van der Waals surface area (Å²) in [5.74, 6) is -5.12. The molecule has 68 heavy (non-hydrogen) atoms. The average molecular weight is 1230 g/mol. The van der Waals surface area contributed by atoms with Crippen molar-refractivity contribution in [2.45, 2.75) is 200 Å². The maximum atomic E-state index is 14.0. The summed E-state index contributed by atoms with van der Waals surface area (Å²) in [6, 6.07) is 0. The Morgan fingerprint density at radius 2 is 0.529 bits per heavy atom. The number of carbonyl (C=O) groups excluding carboxylic acids is 8. The fourth-order valence-corrected chi connectivity index (χ4v) is 10.1. The summed E-state index contributed by atoms with van der Waals surface area (Å²) in [6.45, 7) is 30.6. The van der Waals surface area contributed by atoms with Crippen molar-refractivity contribution in [3.63, 3.8) is 0 Å². The van der Waals surface area contributed by atoms with Gasteiger partial charge in [0.25, 0.3) is 0 Å². The van der Waals surface area contributed by atoms with E-state index >= 15 is 0 Å². The maximum absolute atomic E-state index is 14.0. The Morgan fingerprint density at radius 1 is 0.338 bits per heavy atom. The molecule has 0 bridgehead atoms. The van der Waals surface area contributed by atoms with Crippen molar-refractivity contribution < 1.29 is 71.5 Å². The summed E-state index contributed by atoms with van der Waals surface area (Å²) in [6.07, 6.45) is -0.171. The molecule has 4 atom stereocenters. The number of rotatable bonds is 24. The van der Waals surface area contributed by atoms with Crippen LogP contribution < -0.4 is 0 Å². The first-order valence-corrected chi connectivity index (χ1v) is 26.2. The Morgan fingerprint density at radius 3 is 0.706 bits per heavy atom. The summed E-state index contributed by atoms with van der Waals surface area (Å²) in [5.41, 5.74) is -10.2. The molecule has 0 fully saturated rings. The molecule has 0 radical (unpaired) electrons. The van der Waals surface area contributed by atoms with Crippen LogP contribution in [-0.4, -0.2) is 110 Å². The number of esters is 7. The lowest BCUT2D eigenvalue weighted by Crippen LogP contribution is -2.48. The highest BCUT2D eigenvalue weighted by Gasteiger charge is 2.46. The van der Waals surface area contributed by atoms with Gasteiger partial charge in [-0.15, -0.1) is 0 Å². The number of ether oxygens (including phenoxy) is 7. The van der Waals surface area contributed by atoms with Crippen LogP contribution in [0.5, 0.6) is 0 Å². The smallest absolute Gasteiger partial charge is 0.320 e. The molecular weight excluding hydrogens is 1150 g/mol. The Hall–Kier alpha value is -2.12. The third kappa shape index (κ3) is 23.9. The van der Waals surface area contributed by atoms with Crippen LogP contribution in [0.4, 0.5) is 0 Å². The van der Waals surface area contributed by atoms with E-state index in [1.807, 2.05) is 0 Å². The summed E-state index contributed by atoms with van der Waals surface area (Å²) in [5, 5.41) is 0. The van der Waals surface area contributed by atoms with E-state index in [0.717, 1.165) is 0 Å². The molecule has 0 aromatic carbocycles. The van der Waals surface area contributed by atoms with Crippen molar-refractivity contribution in [3.05, 3.63) is 0 Å². The fourth-order valence-electron chi connectivity index (χ4n) is 5.94. The lowest BCUT2D eigenvalue weighted by molar-refractivity contribution is -0.182. The number of alkyl halides is 4. The zero-order valence-corrected chi connectivity index (χ0v) is 50.4. The summed E-state index contributed by atoms with van der Waals surface area (Å²) in [4.78, 5) is 105. The average Bonchev–Trinajstić information content (AvgIpc) is 3.13. The van der Waals surface area contributed by atoms with Crippen LogP contribution in [0.3, 0.4) is 0 Å². The Balaban J connectivity index is 7.34. The van der Waals surface area contributed by atoms with Crippen molar-refractivity contribution in [1.29, 1.82) is 0 Å². The molecule has 0 N–H and O–H groups in total. The number of carbonyl (C=O) groups is 8. The van der Waals surface area contributed by atoms with Crippen LogP contribution in [0.15, 0.2) is 0 Å². The molecule has 0 saturated heterocycles. The fraction of sp³-hybridized carbons (Fsp3) is 0.837. The zero-order chi connectivity index (χ0) is 54.0. The maximum Gasteiger partial charge on any atom is 0.320 e. The minimum Gasteiger partial charge on any atom is -0.464 e. The Kier molecular flexibility index (Phi) is 24.2. The number of ketones is 1. The molecule has 0 spiro atoms. The van der Waals surface area contributed by atoms with Crippen molar-refractivity contribution in [2.75, 3.05) is 26.4 Å². The van der Waals surface area contributed by atoms with Crippen molar-refractivity contribution in [2.24, 2.45) is 32.5 Å². The normalized spacial score (nSPS) is 15.9. The third-order valence-corrected chi connectivity index (χ3v) is 12.8. The standard InChI is InChI=1S/C49H80Br4O15/c1-41(2,3)33(54)29(50)21-45(13,14)37(58)62-25-49(26-63-38(59)46(15,16)22-30(51)34(55)66-42(4,5)6,27-64-39(60)47(17,18)23-31(52)35(56)67-43(7,8)9)28-65-40(61)48(19,20)24-32(53)36(57)68-44(10,11)12/h29-32H,21-28H2,1-20H3. The quantitative estimate of drug-likeness (QED) is 0.0501. The topological polar surface area (TPSA) is 201 Å². The molecule has 0 rings (SSSR count). The molecule has 0 aliphatic heterocycles. The number of hydrogen-bond donors (Lipinski definition) is 0. The molecule has 0 amide bonds. The molecule has 0 aromatic rings. The van der Waals surface area contributed by atoms with E-state index in [-0.39, 0.29) is 31.5 Å². The van der Waals surface area contributed by atoms with Gasteiger partial charge < -0.3 is 33.2 Å². The SMILES string of the molecule is CC(C)(C)OC(=O)C(Br)CC(C)(C)C(=O)OCC(COC(=O)C(C)(C)CC(Br)C(=O)OC(C)(C)C)(COC(=O)C(C)(C)CC(Br)C(=O)OC(C)(C)C)COC(=O)C(C)(C)CC(Br)C(=O)C(C)(C)C. The first kappa shape index (κ1) is 65.9. The lowest BCUT2D eigenvalue weighted by atomic mass is 9.81. The molecule has 15 nitrogen and oxygen atoms in total. The van der Waals surface area contributed by atoms with E-state index < -0.39 is 137 Å². The number of halogens is 4. The molecule has 19 heteroatoms. The van der Waals surface area contributed by atoms with Crippen LogP contribution in [0.1, 0.15) is 164 Å². The van der Waals surface area contributed by atoms with Gasteiger partial charge >= 0.3 is 41.8 Å². The van der Waals surface area contributed by atoms with Crippen molar-refractivity contribution >= 4 is 111 Å². The second kappa shape index (κ2) is 25.0. The zero-order valence-electron chi connectivity index (χ0n) is 44.1. The van der Waals surface area contributed by atoms with Crippen LogP contribution in [0.25, 0.3) is 0 Å². The van der Waals surface area contributed by atoms with Crippen molar-refractivity contribution in [3.8, 4) is 0 Å². The first-order chi connectivity index (χ1) is 30.1. The van der Waals surface area contributed by atoms with Gasteiger partial charge in [0.2, 0.25) is 0 Å². The van der Waals surface area contributed by atoms with Crippen LogP contribution >= 0.6 is 63.7 Å². The predicted octanol–water partition coefficient (Wildman–Crippen LogP) is 10.5. The predicted molar refractivity (Wildman–Crippen MR) is 273 cm³/mol. The van der Waals surface area contributed by atoms with Gasteiger partial charge in [-0.3, -0.25) is 38.4 Å². The molecule has 394 valence electrons. The molecule has 0 aliphatic rings. The highest BCUT2D eigenvalue weighted by Crippen LogP contribution is 2.37. The highest BCUT2D eigenvalue weighted by molar-refractivity contribution is 9.10. The van der Waals surface area contributed by atoms with Crippen LogP contribution in [0, 0.1) is 32.5 Å². The summed E-state index contributed by atoms with van der Waals surface area (Å²) in [7, 11) is 0. The van der Waals surface area contributed by atoms with Gasteiger partial charge in [0.15, 0.2) is 5.78 Å². The molecule has 0 aliphatic carbocycles. The van der Waals surface area contributed by atoms with E-state index in [0.29, 0.717) is 0 Å². The van der Waals surface area contributed by atoms with Gasteiger partial charge in [-0.1, -0.05) is 84.5 Å². The number of Topliss-reactive ketones (excluding diaryl/α,β-unsaturated/α-hetero) is 1. The third-order valence-electron chi connectivity index (χ3n) is 10.0. The van der Waals surface area contributed by atoms with Crippen LogP contribution in [0.2, 0.25) is 0 Å².